The van der Waals surface area contributed by atoms with Gasteiger partial charge in [-0.1, -0.05) is 52.4 Å². The first-order valence-electron chi connectivity index (χ1n) is 8.63. The van der Waals surface area contributed by atoms with Crippen molar-refractivity contribution in [2.45, 2.75) is 72.1 Å². The number of nitrogens with zero attached hydrogens (tertiary/aromatic N) is 1. The second-order valence-corrected chi connectivity index (χ2v) is 6.42. The van der Waals surface area contributed by atoms with E-state index in [2.05, 4.69) is 25.7 Å². The Morgan fingerprint density at radius 2 is 1.65 bits per heavy atom. The number of hydrogen-bond acceptors (Lipinski definition) is 2. The molecule has 1 aliphatic carbocycles. The first-order valence-corrected chi connectivity index (χ1v) is 8.63. The van der Waals surface area contributed by atoms with Crippen LogP contribution in [-0.4, -0.2) is 30.4 Å². The van der Waals surface area contributed by atoms with Crippen LogP contribution in [0.2, 0.25) is 0 Å². The number of hydrogen-bond donors (Lipinski definition) is 1. The van der Waals surface area contributed by atoms with E-state index in [0.717, 1.165) is 51.6 Å². The van der Waals surface area contributed by atoms with Gasteiger partial charge < -0.3 is 10.6 Å². The molecule has 1 fully saturated rings. The number of rotatable bonds is 7. The Labute approximate surface area is 125 Å². The van der Waals surface area contributed by atoms with Gasteiger partial charge in [-0.25, -0.2) is 0 Å². The minimum absolute atomic E-state index is 0.265. The molecule has 3 nitrogen and oxygen atoms in total. The van der Waals surface area contributed by atoms with Crippen LogP contribution in [0.15, 0.2) is 0 Å². The largest absolute Gasteiger partial charge is 0.342 e. The molecule has 2 N–H and O–H groups in total. The van der Waals surface area contributed by atoms with Crippen LogP contribution >= 0.6 is 0 Å². The maximum atomic E-state index is 13.0. The molecule has 0 aliphatic heterocycles. The fourth-order valence-corrected chi connectivity index (χ4v) is 3.46. The monoisotopic (exact) mass is 282 g/mol. The molecule has 1 aliphatic rings. The van der Waals surface area contributed by atoms with Crippen molar-refractivity contribution in [3.8, 4) is 0 Å². The van der Waals surface area contributed by atoms with E-state index in [-0.39, 0.29) is 5.41 Å². The summed E-state index contributed by atoms with van der Waals surface area (Å²) in [4.78, 5) is 15.1. The van der Waals surface area contributed by atoms with Crippen molar-refractivity contribution in [3.05, 3.63) is 0 Å². The Morgan fingerprint density at radius 1 is 1.10 bits per heavy atom. The Balaban J connectivity index is 2.80. The van der Waals surface area contributed by atoms with Crippen molar-refractivity contribution in [1.29, 1.82) is 0 Å². The highest BCUT2D eigenvalue weighted by atomic mass is 16.2. The molecule has 0 aromatic carbocycles. The lowest BCUT2D eigenvalue weighted by Crippen LogP contribution is -2.49. The van der Waals surface area contributed by atoms with Crippen LogP contribution in [0.25, 0.3) is 0 Å². The van der Waals surface area contributed by atoms with Gasteiger partial charge in [-0.05, 0) is 25.7 Å². The van der Waals surface area contributed by atoms with Crippen LogP contribution in [-0.2, 0) is 4.79 Å². The lowest BCUT2D eigenvalue weighted by Gasteiger charge is -2.37. The molecular formula is C17H34N2O. The molecule has 0 atom stereocenters. The fraction of sp³-hybridized carbons (Fsp3) is 0.941. The second kappa shape index (κ2) is 8.66. The van der Waals surface area contributed by atoms with Gasteiger partial charge in [-0.2, -0.15) is 0 Å². The Morgan fingerprint density at radius 3 is 2.05 bits per heavy atom. The second-order valence-electron chi connectivity index (χ2n) is 6.42. The molecule has 3 heteroatoms. The van der Waals surface area contributed by atoms with E-state index >= 15 is 0 Å². The third kappa shape index (κ3) is 4.21. The molecule has 0 radical (unpaired) electrons. The molecule has 1 amide bonds. The van der Waals surface area contributed by atoms with E-state index in [1.165, 1.54) is 12.8 Å². The highest BCUT2D eigenvalue weighted by molar-refractivity contribution is 5.83. The molecule has 0 aromatic heterocycles. The normalized spacial score (nSPS) is 18.9. The van der Waals surface area contributed by atoms with Crippen LogP contribution in [0.1, 0.15) is 72.1 Å². The summed E-state index contributed by atoms with van der Waals surface area (Å²) in [5, 5.41) is 0. The Hall–Kier alpha value is -0.570. The van der Waals surface area contributed by atoms with Gasteiger partial charge in [0.1, 0.15) is 0 Å². The van der Waals surface area contributed by atoms with E-state index in [1.54, 1.807) is 0 Å². The summed E-state index contributed by atoms with van der Waals surface area (Å²) in [5.41, 5.74) is 5.78. The van der Waals surface area contributed by atoms with Crippen molar-refractivity contribution >= 4 is 5.91 Å². The molecule has 0 spiro atoms. The van der Waals surface area contributed by atoms with E-state index < -0.39 is 0 Å². The summed E-state index contributed by atoms with van der Waals surface area (Å²) in [5.74, 6) is 0.954. The van der Waals surface area contributed by atoms with Crippen LogP contribution in [0.5, 0.6) is 0 Å². The molecule has 0 bridgehead atoms. The van der Waals surface area contributed by atoms with E-state index in [9.17, 15) is 4.79 Å². The van der Waals surface area contributed by atoms with Gasteiger partial charge in [-0.15, -0.1) is 0 Å². The van der Waals surface area contributed by atoms with Gasteiger partial charge in [0, 0.05) is 19.6 Å². The predicted octanol–water partition coefficient (Wildman–Crippen LogP) is 3.57. The molecule has 1 saturated carbocycles. The van der Waals surface area contributed by atoms with Crippen molar-refractivity contribution in [2.75, 3.05) is 19.6 Å². The Kier molecular flexibility index (Phi) is 7.57. The summed E-state index contributed by atoms with van der Waals surface area (Å²) in [6, 6.07) is 0. The minimum Gasteiger partial charge on any atom is -0.342 e. The van der Waals surface area contributed by atoms with Crippen molar-refractivity contribution in [1.82, 2.24) is 4.90 Å². The van der Waals surface area contributed by atoms with Crippen LogP contribution in [0.3, 0.4) is 0 Å². The average Bonchev–Trinajstić information content (AvgIpc) is 2.74. The molecular weight excluding hydrogens is 248 g/mol. The zero-order valence-electron chi connectivity index (χ0n) is 13.8. The lowest BCUT2D eigenvalue weighted by atomic mass is 9.78. The van der Waals surface area contributed by atoms with Crippen molar-refractivity contribution in [2.24, 2.45) is 17.1 Å². The van der Waals surface area contributed by atoms with Gasteiger partial charge in [0.2, 0.25) is 5.91 Å². The summed E-state index contributed by atoms with van der Waals surface area (Å²) < 4.78 is 0. The molecule has 1 rings (SSSR count). The number of nitrogens with two attached hydrogens (primary N) is 1. The topological polar surface area (TPSA) is 46.3 Å². The van der Waals surface area contributed by atoms with E-state index in [4.69, 9.17) is 5.73 Å². The molecule has 0 aromatic rings. The Bertz CT molecular complexity index is 279. The highest BCUT2D eigenvalue weighted by Crippen LogP contribution is 2.36. The maximum Gasteiger partial charge on any atom is 0.230 e. The summed E-state index contributed by atoms with van der Waals surface area (Å²) in [7, 11) is 0. The number of carbonyl (C=O) groups excluding carboxylic acids is 1. The zero-order chi connectivity index (χ0) is 15.0. The first kappa shape index (κ1) is 17.5. The SMILES string of the molecule is CCC(CC)CN(CC)C(=O)C1(CN)CCCCCC1. The quantitative estimate of drug-likeness (QED) is 0.726. The number of amides is 1. The smallest absolute Gasteiger partial charge is 0.230 e. The van der Waals surface area contributed by atoms with E-state index in [1.807, 2.05) is 0 Å². The van der Waals surface area contributed by atoms with Gasteiger partial charge in [-0.3, -0.25) is 4.79 Å². The molecule has 0 unspecified atom stereocenters. The minimum atomic E-state index is -0.265. The third-order valence-corrected chi connectivity index (χ3v) is 5.21. The standard InChI is InChI=1S/C17H34N2O/c1-4-15(5-2)13-19(6-3)16(20)17(14-18)11-9-7-8-10-12-17/h15H,4-14,18H2,1-3H3. The fourth-order valence-electron chi connectivity index (χ4n) is 3.46. The van der Waals surface area contributed by atoms with Crippen LogP contribution in [0, 0.1) is 11.3 Å². The van der Waals surface area contributed by atoms with Gasteiger partial charge >= 0.3 is 0 Å². The summed E-state index contributed by atoms with van der Waals surface area (Å²) in [6.07, 6.45) is 9.10. The van der Waals surface area contributed by atoms with Crippen LogP contribution < -0.4 is 5.73 Å². The zero-order valence-corrected chi connectivity index (χ0v) is 13.8. The summed E-state index contributed by atoms with van der Waals surface area (Å²) >= 11 is 0. The van der Waals surface area contributed by atoms with Gasteiger partial charge in [0.15, 0.2) is 0 Å². The average molecular weight is 282 g/mol. The van der Waals surface area contributed by atoms with Gasteiger partial charge in [0.05, 0.1) is 5.41 Å². The van der Waals surface area contributed by atoms with Crippen molar-refractivity contribution in [3.63, 3.8) is 0 Å². The lowest BCUT2D eigenvalue weighted by molar-refractivity contribution is -0.143. The van der Waals surface area contributed by atoms with Gasteiger partial charge in [0.25, 0.3) is 0 Å². The maximum absolute atomic E-state index is 13.0. The highest BCUT2D eigenvalue weighted by Gasteiger charge is 2.39. The molecule has 118 valence electrons. The first-order chi connectivity index (χ1) is 9.63. The molecule has 0 heterocycles. The molecule has 0 saturated heterocycles. The third-order valence-electron chi connectivity index (χ3n) is 5.21. The van der Waals surface area contributed by atoms with Crippen molar-refractivity contribution < 1.29 is 4.79 Å². The summed E-state index contributed by atoms with van der Waals surface area (Å²) in [6.45, 7) is 8.78. The predicted molar refractivity (Wildman–Crippen MR) is 85.5 cm³/mol. The number of carbonyl (C=O) groups is 1. The van der Waals surface area contributed by atoms with E-state index in [0.29, 0.717) is 18.4 Å². The van der Waals surface area contributed by atoms with Crippen LogP contribution in [0.4, 0.5) is 0 Å². The molecule has 20 heavy (non-hydrogen) atoms.